The Kier molecular flexibility index (Phi) is 5.55. The largest absolute Gasteiger partial charge is 0.487 e. The number of allylic oxidation sites excluding steroid dienone is 1. The van der Waals surface area contributed by atoms with Gasteiger partial charge in [-0.05, 0) is 6.92 Å². The molecule has 12 nitrogen and oxygen atoms in total. The van der Waals surface area contributed by atoms with E-state index in [1.54, 1.807) is 6.92 Å². The summed E-state index contributed by atoms with van der Waals surface area (Å²) in [5, 5.41) is 0. The molecule has 156 valence electrons. The summed E-state index contributed by atoms with van der Waals surface area (Å²) >= 11 is 0. The summed E-state index contributed by atoms with van der Waals surface area (Å²) in [5.74, 6) is -1.78. The average molecular weight is 408 g/mol. The Labute approximate surface area is 164 Å². The van der Waals surface area contributed by atoms with Crippen molar-refractivity contribution >= 4 is 29.1 Å². The normalized spacial score (nSPS) is 23.7. The van der Waals surface area contributed by atoms with Gasteiger partial charge in [0.25, 0.3) is 0 Å². The zero-order valence-electron chi connectivity index (χ0n) is 16.0. The number of nitrogens with two attached hydrogens (primary N) is 1. The molecule has 0 amide bonds. The van der Waals surface area contributed by atoms with Crippen LogP contribution in [0, 0.1) is 0 Å². The predicted molar refractivity (Wildman–Crippen MR) is 96.3 cm³/mol. The maximum Gasteiger partial charge on any atom is 0.423 e. The van der Waals surface area contributed by atoms with Crippen molar-refractivity contribution in [3.8, 4) is 0 Å². The van der Waals surface area contributed by atoms with E-state index in [0.29, 0.717) is 0 Å². The summed E-state index contributed by atoms with van der Waals surface area (Å²) in [6.45, 7) is 7.47. The predicted octanol–water partition coefficient (Wildman–Crippen LogP) is 0.278. The number of nitrogens with zero attached hydrogens (tertiary/aromatic N) is 3. The summed E-state index contributed by atoms with van der Waals surface area (Å²) in [6, 6.07) is 0. The van der Waals surface area contributed by atoms with Gasteiger partial charge >= 0.3 is 17.7 Å². The van der Waals surface area contributed by atoms with Gasteiger partial charge in [0.1, 0.15) is 12.7 Å². The minimum absolute atomic E-state index is 0.0672. The molecule has 2 aromatic heterocycles. The van der Waals surface area contributed by atoms with Crippen molar-refractivity contribution in [2.45, 2.75) is 45.3 Å². The van der Waals surface area contributed by atoms with Crippen LogP contribution in [0.3, 0.4) is 0 Å². The number of hydrogen-bond acceptors (Lipinski definition) is 11. The number of carbonyl (C=O) groups excluding carboxylic acids is 2. The summed E-state index contributed by atoms with van der Waals surface area (Å²) in [7, 11) is 0. The van der Waals surface area contributed by atoms with Gasteiger partial charge in [0.15, 0.2) is 29.7 Å². The van der Waals surface area contributed by atoms with Crippen molar-refractivity contribution in [3.05, 3.63) is 29.1 Å². The van der Waals surface area contributed by atoms with Crippen molar-refractivity contribution in [2.24, 2.45) is 0 Å². The molecular formula is C17H20N4O8. The molecule has 3 rings (SSSR count). The maximum absolute atomic E-state index is 12.5. The van der Waals surface area contributed by atoms with Gasteiger partial charge in [0.2, 0.25) is 5.95 Å². The fourth-order valence-electron chi connectivity index (χ4n) is 3.02. The van der Waals surface area contributed by atoms with Crippen LogP contribution in [0.15, 0.2) is 27.7 Å². The third kappa shape index (κ3) is 4.21. The third-order valence-corrected chi connectivity index (χ3v) is 4.01. The molecular weight excluding hydrogens is 388 g/mol. The van der Waals surface area contributed by atoms with E-state index in [4.69, 9.17) is 29.1 Å². The molecule has 0 saturated carbocycles. The number of carbonyl (C=O) groups is 2. The van der Waals surface area contributed by atoms with E-state index in [1.165, 1.54) is 20.0 Å². The molecule has 0 radical (unpaired) electrons. The van der Waals surface area contributed by atoms with Crippen molar-refractivity contribution in [1.29, 1.82) is 0 Å². The van der Waals surface area contributed by atoms with Crippen LogP contribution in [0.4, 0.5) is 5.95 Å². The quantitative estimate of drug-likeness (QED) is 0.517. The maximum atomic E-state index is 12.5. The van der Waals surface area contributed by atoms with E-state index in [0.717, 1.165) is 4.57 Å². The number of anilines is 1. The summed E-state index contributed by atoms with van der Waals surface area (Å²) < 4.78 is 28.2. The van der Waals surface area contributed by atoms with Gasteiger partial charge in [-0.25, -0.2) is 14.3 Å². The van der Waals surface area contributed by atoms with Gasteiger partial charge in [-0.1, -0.05) is 6.58 Å². The Morgan fingerprint density at radius 1 is 1.24 bits per heavy atom. The molecule has 1 aliphatic heterocycles. The van der Waals surface area contributed by atoms with Crippen LogP contribution in [0.5, 0.6) is 0 Å². The van der Waals surface area contributed by atoms with Crippen LogP contribution in [0.25, 0.3) is 11.2 Å². The SMILES string of the molecule is C=C(C)O[C@@H]1[C@H](OC(C)=O)[C@@H](COC(C)=O)O[C@H]1n1c(=O)oc2cnc(N)nc21. The number of rotatable bonds is 6. The Morgan fingerprint density at radius 2 is 1.97 bits per heavy atom. The highest BCUT2D eigenvalue weighted by Crippen LogP contribution is 2.36. The number of fused-ring (bicyclic) bond motifs is 1. The van der Waals surface area contributed by atoms with Gasteiger partial charge in [-0.15, -0.1) is 0 Å². The van der Waals surface area contributed by atoms with Crippen molar-refractivity contribution in [2.75, 3.05) is 12.3 Å². The van der Waals surface area contributed by atoms with E-state index in [-0.39, 0.29) is 29.5 Å². The molecule has 0 bridgehead atoms. The Bertz CT molecular complexity index is 1010. The number of ether oxygens (including phenoxy) is 4. The highest BCUT2D eigenvalue weighted by Gasteiger charge is 2.51. The molecule has 12 heteroatoms. The number of oxazole rings is 1. The minimum Gasteiger partial charge on any atom is -0.487 e. The van der Waals surface area contributed by atoms with Gasteiger partial charge in [0.05, 0.1) is 12.0 Å². The number of esters is 2. The second-order valence-corrected chi connectivity index (χ2v) is 6.38. The van der Waals surface area contributed by atoms with Crippen molar-refractivity contribution in [3.63, 3.8) is 0 Å². The summed E-state index contributed by atoms with van der Waals surface area (Å²) in [6.07, 6.45) is -2.83. The number of nitrogen functional groups attached to an aromatic ring is 1. The Balaban J connectivity index is 2.08. The lowest BCUT2D eigenvalue weighted by molar-refractivity contribution is -0.157. The summed E-state index contributed by atoms with van der Waals surface area (Å²) in [5.41, 5.74) is 5.77. The fourth-order valence-corrected chi connectivity index (χ4v) is 3.02. The molecule has 1 saturated heterocycles. The van der Waals surface area contributed by atoms with Crippen LogP contribution in [-0.2, 0) is 28.5 Å². The highest BCUT2D eigenvalue weighted by atomic mass is 16.6. The van der Waals surface area contributed by atoms with Gasteiger partial charge in [0, 0.05) is 13.8 Å². The molecule has 2 N–H and O–H groups in total. The molecule has 29 heavy (non-hydrogen) atoms. The molecule has 1 aliphatic rings. The smallest absolute Gasteiger partial charge is 0.423 e. The molecule has 3 heterocycles. The van der Waals surface area contributed by atoms with Gasteiger partial charge in [-0.2, -0.15) is 4.98 Å². The first-order chi connectivity index (χ1) is 13.7. The van der Waals surface area contributed by atoms with Gasteiger partial charge in [-0.3, -0.25) is 9.59 Å². The molecule has 0 aliphatic carbocycles. The Morgan fingerprint density at radius 3 is 2.59 bits per heavy atom. The molecule has 0 spiro atoms. The molecule has 2 aromatic rings. The monoisotopic (exact) mass is 408 g/mol. The average Bonchev–Trinajstić information content (AvgIpc) is 3.09. The van der Waals surface area contributed by atoms with E-state index in [9.17, 15) is 14.4 Å². The summed E-state index contributed by atoms with van der Waals surface area (Å²) in [4.78, 5) is 43.2. The minimum atomic E-state index is -1.14. The van der Waals surface area contributed by atoms with Crippen LogP contribution in [0.1, 0.15) is 27.0 Å². The lowest BCUT2D eigenvalue weighted by atomic mass is 10.1. The Hall–Kier alpha value is -3.41. The first kappa shape index (κ1) is 20.3. The fraction of sp³-hybridized carbons (Fsp3) is 0.471. The third-order valence-electron chi connectivity index (χ3n) is 4.01. The first-order valence-electron chi connectivity index (χ1n) is 8.59. The van der Waals surface area contributed by atoms with E-state index in [2.05, 4.69) is 16.5 Å². The van der Waals surface area contributed by atoms with E-state index >= 15 is 0 Å². The number of hydrogen-bond donors (Lipinski definition) is 1. The standard InChI is InChI=1S/C17H20N4O8/c1-7(2)26-13-12(27-9(4)23)11(6-25-8(3)22)28-15(13)21-14-10(29-17(21)24)5-19-16(18)20-14/h5,11-13,15H,1,6H2,2-4H3,(H2,18,19,20)/t11-,12-,13-,15-/m1/s1. The first-order valence-corrected chi connectivity index (χ1v) is 8.59. The van der Waals surface area contributed by atoms with Crippen LogP contribution in [0.2, 0.25) is 0 Å². The van der Waals surface area contributed by atoms with Gasteiger partial charge < -0.3 is 29.1 Å². The zero-order chi connectivity index (χ0) is 21.3. The second-order valence-electron chi connectivity index (χ2n) is 6.38. The molecule has 0 unspecified atom stereocenters. The lowest BCUT2D eigenvalue weighted by Gasteiger charge is -2.24. The molecule has 0 aromatic carbocycles. The van der Waals surface area contributed by atoms with Crippen molar-refractivity contribution in [1.82, 2.24) is 14.5 Å². The van der Waals surface area contributed by atoms with Crippen molar-refractivity contribution < 1.29 is 33.0 Å². The molecule has 1 fully saturated rings. The van der Waals surface area contributed by atoms with Crippen LogP contribution in [-0.4, -0.2) is 51.4 Å². The lowest BCUT2D eigenvalue weighted by Crippen LogP contribution is -2.40. The number of aromatic nitrogens is 3. The van der Waals surface area contributed by atoms with Crippen LogP contribution >= 0.6 is 0 Å². The van der Waals surface area contributed by atoms with Crippen LogP contribution < -0.4 is 11.5 Å². The molecule has 4 atom stereocenters. The van der Waals surface area contributed by atoms with E-state index in [1.807, 2.05) is 0 Å². The second kappa shape index (κ2) is 7.91. The van der Waals surface area contributed by atoms with E-state index < -0.39 is 42.2 Å². The topological polar surface area (TPSA) is 158 Å². The highest BCUT2D eigenvalue weighted by molar-refractivity contribution is 5.68. The zero-order valence-corrected chi connectivity index (χ0v) is 16.0.